The van der Waals surface area contributed by atoms with E-state index < -0.39 is 41.9 Å². The Morgan fingerprint density at radius 1 is 1.23 bits per heavy atom. The molecular formula is C12H19N5O5. The van der Waals surface area contributed by atoms with Crippen LogP contribution < -0.4 is 16.4 Å². The van der Waals surface area contributed by atoms with Crippen LogP contribution in [0.2, 0.25) is 0 Å². The van der Waals surface area contributed by atoms with Crippen molar-refractivity contribution in [1.82, 2.24) is 10.6 Å². The van der Waals surface area contributed by atoms with Gasteiger partial charge in [0.05, 0.1) is 0 Å². The minimum absolute atomic E-state index is 0.00144. The predicted molar refractivity (Wildman–Crippen MR) is 73.5 cm³/mol. The van der Waals surface area contributed by atoms with Crippen molar-refractivity contribution in [2.75, 3.05) is 6.54 Å². The molecule has 1 rings (SSSR count). The summed E-state index contributed by atoms with van der Waals surface area (Å²) in [6, 6.07) is -1.01. The first-order chi connectivity index (χ1) is 10.2. The van der Waals surface area contributed by atoms with E-state index >= 15 is 0 Å². The van der Waals surface area contributed by atoms with Crippen molar-refractivity contribution in [2.24, 2.45) is 16.0 Å². The molecule has 0 saturated heterocycles. The van der Waals surface area contributed by atoms with Crippen molar-refractivity contribution in [1.29, 1.82) is 0 Å². The van der Waals surface area contributed by atoms with Gasteiger partial charge in [0.15, 0.2) is 5.66 Å². The molecule has 0 spiro atoms. The van der Waals surface area contributed by atoms with E-state index in [0.717, 1.165) is 0 Å². The van der Waals surface area contributed by atoms with Crippen LogP contribution in [0.3, 0.4) is 0 Å². The van der Waals surface area contributed by atoms with Crippen LogP contribution in [0.5, 0.6) is 0 Å². The van der Waals surface area contributed by atoms with E-state index in [-0.39, 0.29) is 19.3 Å². The molecule has 1 aliphatic heterocycles. The first-order valence-corrected chi connectivity index (χ1v) is 6.73. The molecule has 1 unspecified atom stereocenters. The molecule has 22 heavy (non-hydrogen) atoms. The molecule has 0 aromatic rings. The van der Waals surface area contributed by atoms with Crippen molar-refractivity contribution in [3.63, 3.8) is 0 Å². The number of hydrogen-bond acceptors (Lipinski definition) is 6. The second-order valence-electron chi connectivity index (χ2n) is 5.15. The smallest absolute Gasteiger partial charge is 0.322 e. The summed E-state index contributed by atoms with van der Waals surface area (Å²) in [5.74, 6) is -2.91. The summed E-state index contributed by atoms with van der Waals surface area (Å²) in [5, 5.41) is 20.7. The fourth-order valence-electron chi connectivity index (χ4n) is 1.64. The Bertz CT molecular complexity index is 498. The van der Waals surface area contributed by atoms with Crippen LogP contribution in [0.4, 0.5) is 0 Å². The number of carbonyl (C=O) groups excluding carboxylic acids is 3. The molecule has 0 saturated carbocycles. The lowest BCUT2D eigenvalue weighted by Crippen LogP contribution is -2.48. The standard InChI is InChI=1S/C12H19N5O5/c1-12(16-17-12)5-4-9(19)15-7(2-3-8(13)18)11(22)14-6-10(20)21/h7H,2-6H2,1H3,(H2,13,18)(H,14,22)(H,15,19)(H,20,21). The average molecular weight is 313 g/mol. The Morgan fingerprint density at radius 3 is 2.36 bits per heavy atom. The number of nitrogens with one attached hydrogen (secondary N) is 2. The highest BCUT2D eigenvalue weighted by atomic mass is 16.4. The van der Waals surface area contributed by atoms with Crippen LogP contribution in [0.15, 0.2) is 10.2 Å². The Balaban J connectivity index is 2.47. The van der Waals surface area contributed by atoms with E-state index in [1.54, 1.807) is 6.92 Å². The second kappa shape index (κ2) is 7.48. The van der Waals surface area contributed by atoms with Gasteiger partial charge in [-0.3, -0.25) is 19.2 Å². The van der Waals surface area contributed by atoms with Gasteiger partial charge in [0.1, 0.15) is 12.6 Å². The monoisotopic (exact) mass is 313 g/mol. The Morgan fingerprint density at radius 2 is 1.86 bits per heavy atom. The first kappa shape index (κ1) is 17.5. The quantitative estimate of drug-likeness (QED) is 0.401. The van der Waals surface area contributed by atoms with E-state index in [1.165, 1.54) is 0 Å². The highest BCUT2D eigenvalue weighted by molar-refractivity contribution is 5.89. The van der Waals surface area contributed by atoms with E-state index in [1.807, 2.05) is 0 Å². The molecule has 0 aliphatic carbocycles. The lowest BCUT2D eigenvalue weighted by molar-refractivity contribution is -0.138. The third kappa shape index (κ3) is 6.77. The minimum atomic E-state index is -1.21. The molecule has 0 radical (unpaired) electrons. The van der Waals surface area contributed by atoms with E-state index in [4.69, 9.17) is 10.8 Å². The maximum Gasteiger partial charge on any atom is 0.322 e. The normalized spacial score (nSPS) is 15.7. The summed E-state index contributed by atoms with van der Waals surface area (Å²) >= 11 is 0. The Labute approximate surface area is 126 Å². The zero-order chi connectivity index (χ0) is 16.8. The average Bonchev–Trinajstić information content (AvgIpc) is 3.16. The number of hydrogen-bond donors (Lipinski definition) is 4. The molecule has 10 nitrogen and oxygen atoms in total. The number of primary amides is 1. The number of aliphatic carboxylic acids is 1. The lowest BCUT2D eigenvalue weighted by Gasteiger charge is -2.17. The summed E-state index contributed by atoms with van der Waals surface area (Å²) in [5.41, 5.74) is 4.49. The molecule has 1 atom stereocenters. The third-order valence-electron chi connectivity index (χ3n) is 3.01. The third-order valence-corrected chi connectivity index (χ3v) is 3.01. The van der Waals surface area contributed by atoms with Crippen LogP contribution in [0.25, 0.3) is 0 Å². The minimum Gasteiger partial charge on any atom is -0.480 e. The molecule has 3 amide bonds. The number of amides is 3. The number of carbonyl (C=O) groups is 4. The fourth-order valence-corrected chi connectivity index (χ4v) is 1.64. The highest BCUT2D eigenvalue weighted by Gasteiger charge is 2.34. The van der Waals surface area contributed by atoms with Crippen molar-refractivity contribution < 1.29 is 24.3 Å². The molecule has 5 N–H and O–H groups in total. The van der Waals surface area contributed by atoms with Gasteiger partial charge in [0.25, 0.3) is 0 Å². The van der Waals surface area contributed by atoms with E-state index in [0.29, 0.717) is 6.42 Å². The van der Waals surface area contributed by atoms with Crippen LogP contribution >= 0.6 is 0 Å². The van der Waals surface area contributed by atoms with E-state index in [9.17, 15) is 19.2 Å². The predicted octanol–water partition coefficient (Wildman–Crippen LogP) is -1.10. The van der Waals surface area contributed by atoms with Crippen molar-refractivity contribution >= 4 is 23.7 Å². The topological polar surface area (TPSA) is 163 Å². The zero-order valence-corrected chi connectivity index (χ0v) is 12.2. The number of carboxylic acid groups (broad SMARTS) is 1. The summed E-state index contributed by atoms with van der Waals surface area (Å²) in [6.07, 6.45) is 0.424. The lowest BCUT2D eigenvalue weighted by atomic mass is 10.1. The van der Waals surface area contributed by atoms with E-state index in [2.05, 4.69) is 20.9 Å². The first-order valence-electron chi connectivity index (χ1n) is 6.73. The Hall–Kier alpha value is -2.52. The number of carboxylic acids is 1. The summed E-state index contributed by atoms with van der Waals surface area (Å²) < 4.78 is 0. The second-order valence-corrected chi connectivity index (χ2v) is 5.15. The maximum absolute atomic E-state index is 11.8. The van der Waals surface area contributed by atoms with Crippen LogP contribution in [0.1, 0.15) is 32.6 Å². The molecule has 122 valence electrons. The molecular weight excluding hydrogens is 294 g/mol. The van der Waals surface area contributed by atoms with Crippen molar-refractivity contribution in [3.05, 3.63) is 0 Å². The fraction of sp³-hybridized carbons (Fsp3) is 0.667. The number of nitrogens with zero attached hydrogens (tertiary/aromatic N) is 2. The summed E-state index contributed by atoms with van der Waals surface area (Å²) in [4.78, 5) is 44.9. The summed E-state index contributed by atoms with van der Waals surface area (Å²) in [7, 11) is 0. The van der Waals surface area contributed by atoms with Gasteiger partial charge in [0, 0.05) is 19.3 Å². The molecule has 0 bridgehead atoms. The van der Waals surface area contributed by atoms with Gasteiger partial charge in [-0.2, -0.15) is 10.2 Å². The Kier molecular flexibility index (Phi) is 5.96. The van der Waals surface area contributed by atoms with Crippen molar-refractivity contribution in [2.45, 2.75) is 44.3 Å². The van der Waals surface area contributed by atoms with Gasteiger partial charge in [-0.05, 0) is 13.3 Å². The molecule has 0 fully saturated rings. The van der Waals surface area contributed by atoms with Crippen LogP contribution in [0, 0.1) is 0 Å². The highest BCUT2D eigenvalue weighted by Crippen LogP contribution is 2.31. The van der Waals surface area contributed by atoms with Gasteiger partial charge >= 0.3 is 5.97 Å². The van der Waals surface area contributed by atoms with Gasteiger partial charge in [-0.1, -0.05) is 0 Å². The van der Waals surface area contributed by atoms with Gasteiger partial charge in [-0.15, -0.1) is 0 Å². The molecule has 0 aromatic carbocycles. The number of nitrogens with two attached hydrogens (primary N) is 1. The molecule has 1 heterocycles. The molecule has 0 aromatic heterocycles. The number of rotatable bonds is 10. The largest absolute Gasteiger partial charge is 0.480 e. The SMILES string of the molecule is CC1(CCC(=O)NC(CCC(N)=O)C(=O)NCC(=O)O)N=N1. The van der Waals surface area contributed by atoms with Gasteiger partial charge in [0.2, 0.25) is 17.7 Å². The van der Waals surface area contributed by atoms with Crippen LogP contribution in [-0.4, -0.2) is 47.0 Å². The van der Waals surface area contributed by atoms with Crippen LogP contribution in [-0.2, 0) is 19.2 Å². The van der Waals surface area contributed by atoms with Gasteiger partial charge in [-0.25, -0.2) is 0 Å². The van der Waals surface area contributed by atoms with Gasteiger partial charge < -0.3 is 21.5 Å². The molecule has 10 heteroatoms. The van der Waals surface area contributed by atoms with Crippen molar-refractivity contribution in [3.8, 4) is 0 Å². The zero-order valence-electron chi connectivity index (χ0n) is 12.2. The summed E-state index contributed by atoms with van der Waals surface area (Å²) in [6.45, 7) is 1.20. The maximum atomic E-state index is 11.8. The molecule has 1 aliphatic rings.